The third kappa shape index (κ3) is 5.82. The Morgan fingerprint density at radius 1 is 1.28 bits per heavy atom. The van der Waals surface area contributed by atoms with E-state index < -0.39 is 9.84 Å². The summed E-state index contributed by atoms with van der Waals surface area (Å²) in [5, 5.41) is 2.74. The van der Waals surface area contributed by atoms with Crippen LogP contribution in [0.4, 0.5) is 5.69 Å². The number of piperidine rings is 1. The number of nitrogens with one attached hydrogen (secondary N) is 2. The topological polar surface area (TPSA) is 94.0 Å². The first-order chi connectivity index (χ1) is 11.8. The number of hydrogen-bond donors (Lipinski definition) is 2. The summed E-state index contributed by atoms with van der Waals surface area (Å²) in [6.45, 7) is 3.95. The summed E-state index contributed by atoms with van der Waals surface area (Å²) in [6.07, 6.45) is 2.56. The van der Waals surface area contributed by atoms with E-state index in [0.717, 1.165) is 24.2 Å². The van der Waals surface area contributed by atoms with Crippen molar-refractivity contribution in [3.8, 4) is 0 Å². The van der Waals surface area contributed by atoms with E-state index in [1.807, 2.05) is 0 Å². The highest BCUT2D eigenvalue weighted by molar-refractivity contribution is 7.90. The van der Waals surface area contributed by atoms with Crippen molar-refractivity contribution < 1.29 is 27.6 Å². The number of esters is 1. The standard InChI is InChI=1S/C17H24N2O5S/c1-3-24-17(21)13-7-9-19(10-8-13)12-16(20)18-14-5-4-6-15(11-14)25(2,22)23/h4-6,11,13H,3,7-10,12H2,1-2H3,(H,18,20)/p+1. The molecule has 7 nitrogen and oxygen atoms in total. The largest absolute Gasteiger partial charge is 0.466 e. The number of benzene rings is 1. The van der Waals surface area contributed by atoms with Crippen LogP contribution in [0.3, 0.4) is 0 Å². The van der Waals surface area contributed by atoms with Crippen molar-refractivity contribution in [2.24, 2.45) is 5.92 Å². The normalized spacial score (nSPS) is 20.7. The molecule has 0 radical (unpaired) electrons. The average Bonchev–Trinajstić information content (AvgIpc) is 2.55. The molecule has 1 aliphatic rings. The fourth-order valence-corrected chi connectivity index (χ4v) is 3.60. The first-order valence-electron chi connectivity index (χ1n) is 8.39. The summed E-state index contributed by atoms with van der Waals surface area (Å²) in [7, 11) is -3.31. The molecule has 1 fully saturated rings. The molecule has 8 heteroatoms. The molecule has 0 bridgehead atoms. The molecule has 2 N–H and O–H groups in total. The summed E-state index contributed by atoms with van der Waals surface area (Å²) in [5.41, 5.74) is 0.466. The molecule has 1 aromatic rings. The number of sulfone groups is 1. The zero-order chi connectivity index (χ0) is 18.4. The van der Waals surface area contributed by atoms with E-state index in [1.165, 1.54) is 12.1 Å². The zero-order valence-electron chi connectivity index (χ0n) is 14.6. The fourth-order valence-electron chi connectivity index (χ4n) is 2.94. The van der Waals surface area contributed by atoms with Crippen LogP contribution in [0.15, 0.2) is 29.2 Å². The van der Waals surface area contributed by atoms with Crippen LogP contribution in [-0.2, 0) is 24.2 Å². The van der Waals surface area contributed by atoms with Gasteiger partial charge in [0.1, 0.15) is 0 Å². The van der Waals surface area contributed by atoms with Gasteiger partial charge >= 0.3 is 5.97 Å². The highest BCUT2D eigenvalue weighted by Crippen LogP contribution is 2.15. The Hall–Kier alpha value is -1.93. The molecular formula is C17H25N2O5S+. The Morgan fingerprint density at radius 2 is 1.96 bits per heavy atom. The number of ether oxygens (including phenoxy) is 1. The molecule has 0 spiro atoms. The van der Waals surface area contributed by atoms with Gasteiger partial charge in [-0.05, 0) is 25.1 Å². The van der Waals surface area contributed by atoms with Crippen LogP contribution in [-0.4, -0.2) is 52.8 Å². The second kappa shape index (κ2) is 8.44. The van der Waals surface area contributed by atoms with Crippen molar-refractivity contribution in [2.45, 2.75) is 24.7 Å². The number of carbonyl (C=O) groups excluding carboxylic acids is 2. The Bertz CT molecular complexity index is 724. The highest BCUT2D eigenvalue weighted by atomic mass is 32.2. The van der Waals surface area contributed by atoms with Crippen molar-refractivity contribution in [3.05, 3.63) is 24.3 Å². The van der Waals surface area contributed by atoms with Crippen LogP contribution >= 0.6 is 0 Å². The van der Waals surface area contributed by atoms with Gasteiger partial charge in [-0.15, -0.1) is 0 Å². The molecule has 1 aliphatic heterocycles. The molecule has 138 valence electrons. The van der Waals surface area contributed by atoms with E-state index >= 15 is 0 Å². The zero-order valence-corrected chi connectivity index (χ0v) is 15.4. The van der Waals surface area contributed by atoms with Crippen LogP contribution in [0, 0.1) is 5.92 Å². The van der Waals surface area contributed by atoms with Crippen molar-refractivity contribution in [1.29, 1.82) is 0 Å². The monoisotopic (exact) mass is 369 g/mol. The van der Waals surface area contributed by atoms with Gasteiger partial charge in [0.25, 0.3) is 5.91 Å². The van der Waals surface area contributed by atoms with E-state index in [2.05, 4.69) is 5.32 Å². The van der Waals surface area contributed by atoms with Gasteiger partial charge in [-0.3, -0.25) is 9.59 Å². The third-order valence-corrected chi connectivity index (χ3v) is 5.38. The number of likely N-dealkylation sites (tertiary alicyclic amines) is 1. The molecule has 1 aromatic carbocycles. The van der Waals surface area contributed by atoms with Crippen molar-refractivity contribution in [3.63, 3.8) is 0 Å². The fraction of sp³-hybridized carbons (Fsp3) is 0.529. The van der Waals surface area contributed by atoms with Gasteiger partial charge < -0.3 is 15.0 Å². The first kappa shape index (κ1) is 19.4. The second-order valence-corrected chi connectivity index (χ2v) is 8.32. The number of hydrogen-bond acceptors (Lipinski definition) is 5. The lowest BCUT2D eigenvalue weighted by Crippen LogP contribution is -3.14. The van der Waals surface area contributed by atoms with Crippen LogP contribution in [0.1, 0.15) is 19.8 Å². The minimum absolute atomic E-state index is 0.0711. The number of amides is 1. The maximum Gasteiger partial charge on any atom is 0.309 e. The van der Waals surface area contributed by atoms with Crippen LogP contribution in [0.25, 0.3) is 0 Å². The molecule has 0 aliphatic carbocycles. The lowest BCUT2D eigenvalue weighted by molar-refractivity contribution is -0.897. The predicted molar refractivity (Wildman–Crippen MR) is 93.1 cm³/mol. The van der Waals surface area contributed by atoms with Crippen LogP contribution < -0.4 is 10.2 Å². The maximum atomic E-state index is 12.2. The molecular weight excluding hydrogens is 344 g/mol. The number of anilines is 1. The maximum absolute atomic E-state index is 12.2. The Morgan fingerprint density at radius 3 is 2.56 bits per heavy atom. The van der Waals surface area contributed by atoms with Crippen LogP contribution in [0.5, 0.6) is 0 Å². The summed E-state index contributed by atoms with van der Waals surface area (Å²) in [6, 6.07) is 6.21. The Kier molecular flexibility index (Phi) is 6.55. The van der Waals surface area contributed by atoms with Crippen LogP contribution in [0.2, 0.25) is 0 Å². The molecule has 1 saturated heterocycles. The molecule has 1 amide bonds. The van der Waals surface area contributed by atoms with Crippen molar-refractivity contribution in [2.75, 3.05) is 37.8 Å². The number of rotatable bonds is 6. The average molecular weight is 369 g/mol. The first-order valence-corrected chi connectivity index (χ1v) is 10.3. The second-order valence-electron chi connectivity index (χ2n) is 6.30. The van der Waals surface area contributed by atoms with Gasteiger partial charge in [0.15, 0.2) is 16.4 Å². The van der Waals surface area contributed by atoms with Crippen molar-refractivity contribution in [1.82, 2.24) is 0 Å². The summed E-state index contributed by atoms with van der Waals surface area (Å²) >= 11 is 0. The Labute approximate surface area is 148 Å². The van der Waals surface area contributed by atoms with Gasteiger partial charge in [0, 0.05) is 24.8 Å². The van der Waals surface area contributed by atoms with E-state index in [0.29, 0.717) is 31.7 Å². The van der Waals surface area contributed by atoms with E-state index in [9.17, 15) is 18.0 Å². The van der Waals surface area contributed by atoms with E-state index in [4.69, 9.17) is 4.74 Å². The summed E-state index contributed by atoms with van der Waals surface area (Å²) in [4.78, 5) is 25.2. The molecule has 0 aromatic heterocycles. The van der Waals surface area contributed by atoms with E-state index in [1.54, 1.807) is 19.1 Å². The lowest BCUT2D eigenvalue weighted by Gasteiger charge is -2.27. The van der Waals surface area contributed by atoms with E-state index in [-0.39, 0.29) is 22.7 Å². The number of quaternary nitrogens is 1. The van der Waals surface area contributed by atoms with Gasteiger partial charge in [0.2, 0.25) is 0 Å². The minimum atomic E-state index is -3.31. The number of carbonyl (C=O) groups is 2. The molecule has 1 heterocycles. The van der Waals surface area contributed by atoms with Gasteiger partial charge in [-0.1, -0.05) is 6.07 Å². The van der Waals surface area contributed by atoms with Gasteiger partial charge in [0.05, 0.1) is 30.5 Å². The molecule has 0 atom stereocenters. The molecule has 0 unspecified atom stereocenters. The predicted octanol–water partition coefficient (Wildman–Crippen LogP) is -0.113. The molecule has 0 saturated carbocycles. The third-order valence-electron chi connectivity index (χ3n) is 4.27. The summed E-state index contributed by atoms with van der Waals surface area (Å²) < 4.78 is 28.2. The molecule has 2 rings (SSSR count). The Balaban J connectivity index is 1.85. The molecule has 25 heavy (non-hydrogen) atoms. The highest BCUT2D eigenvalue weighted by Gasteiger charge is 2.29. The van der Waals surface area contributed by atoms with Crippen molar-refractivity contribution >= 4 is 27.4 Å². The minimum Gasteiger partial charge on any atom is -0.466 e. The SMILES string of the molecule is CCOC(=O)C1CC[NH+](CC(=O)Nc2cccc(S(C)(=O)=O)c2)CC1. The lowest BCUT2D eigenvalue weighted by atomic mass is 9.97. The summed E-state index contributed by atoms with van der Waals surface area (Å²) in [5.74, 6) is -0.392. The quantitative estimate of drug-likeness (QED) is 0.682. The van der Waals surface area contributed by atoms with Gasteiger partial charge in [-0.2, -0.15) is 0 Å². The van der Waals surface area contributed by atoms with Gasteiger partial charge in [-0.25, -0.2) is 8.42 Å². The smallest absolute Gasteiger partial charge is 0.309 e.